The second-order valence-corrected chi connectivity index (χ2v) is 10.9. The normalized spacial score (nSPS) is 17.2. The van der Waals surface area contributed by atoms with Gasteiger partial charge in [-0.15, -0.1) is 0 Å². The number of methoxy groups -OCH3 is 1. The number of fused-ring (bicyclic) bond motifs is 2. The van der Waals surface area contributed by atoms with Crippen LogP contribution in [0.5, 0.6) is 28.7 Å². The number of carbonyl (C=O) groups excluding carboxylic acids is 1. The molecule has 1 heterocycles. The Morgan fingerprint density at radius 1 is 1.15 bits per heavy atom. The van der Waals surface area contributed by atoms with Crippen molar-refractivity contribution in [2.45, 2.75) is 57.2 Å². The highest BCUT2D eigenvalue weighted by Gasteiger charge is 2.32. The van der Waals surface area contributed by atoms with E-state index in [9.17, 15) is 15.2 Å². The molecule has 1 aliphatic heterocycles. The second kappa shape index (κ2) is 11.7. The molecule has 41 heavy (non-hydrogen) atoms. The number of benzene rings is 3. The number of nitrogens with zero attached hydrogens (tertiary/aromatic N) is 1. The maximum absolute atomic E-state index is 15.1. The lowest BCUT2D eigenvalue weighted by atomic mass is 9.98. The molecule has 3 aromatic carbocycles. The summed E-state index contributed by atoms with van der Waals surface area (Å²) in [6, 6.07) is 15.4. The Bertz CT molecular complexity index is 1490. The van der Waals surface area contributed by atoms with E-state index in [-0.39, 0.29) is 18.3 Å². The largest absolute Gasteiger partial charge is 0.493 e. The number of hydrogen-bond acceptors (Lipinski definition) is 8. The lowest BCUT2D eigenvalue weighted by Crippen LogP contribution is -2.21. The summed E-state index contributed by atoms with van der Waals surface area (Å²) in [6.07, 6.45) is 1.20. The van der Waals surface area contributed by atoms with Crippen molar-refractivity contribution in [2.75, 3.05) is 20.3 Å². The first-order chi connectivity index (χ1) is 19.6. The van der Waals surface area contributed by atoms with Gasteiger partial charge in [0, 0.05) is 41.2 Å². The monoisotopic (exact) mass is 561 g/mol. The fourth-order valence-corrected chi connectivity index (χ4v) is 5.11. The number of hydrogen-bond donors (Lipinski definition) is 1. The molecule has 2 atom stereocenters. The predicted octanol–water partition coefficient (Wildman–Crippen LogP) is 6.13. The van der Waals surface area contributed by atoms with E-state index in [4.69, 9.17) is 23.7 Å². The van der Waals surface area contributed by atoms with Gasteiger partial charge in [0.1, 0.15) is 46.7 Å². The van der Waals surface area contributed by atoms with Gasteiger partial charge in [0.15, 0.2) is 0 Å². The SMILES string of the molecule is COC(=O)CC1COc2cc(OC3CCc4c(Oc5cc(OCCC(C)(C)O)ccc5C#N)ccc(F)c43)ccc21. The fraction of sp³-hybridized carbons (Fsp3) is 0.375. The van der Waals surface area contributed by atoms with Gasteiger partial charge >= 0.3 is 5.97 Å². The highest BCUT2D eigenvalue weighted by Crippen LogP contribution is 2.45. The third-order valence-electron chi connectivity index (χ3n) is 7.30. The lowest BCUT2D eigenvalue weighted by Gasteiger charge is -2.18. The van der Waals surface area contributed by atoms with Crippen molar-refractivity contribution in [1.82, 2.24) is 0 Å². The zero-order valence-corrected chi connectivity index (χ0v) is 23.2. The van der Waals surface area contributed by atoms with E-state index >= 15 is 4.39 Å². The number of rotatable bonds is 10. The molecule has 8 nitrogen and oxygen atoms in total. The van der Waals surface area contributed by atoms with Gasteiger partial charge in [0.25, 0.3) is 0 Å². The third-order valence-corrected chi connectivity index (χ3v) is 7.30. The van der Waals surface area contributed by atoms with Gasteiger partial charge in [-0.1, -0.05) is 6.07 Å². The van der Waals surface area contributed by atoms with Crippen molar-refractivity contribution in [3.05, 3.63) is 76.6 Å². The summed E-state index contributed by atoms with van der Waals surface area (Å²) in [5, 5.41) is 19.6. The van der Waals surface area contributed by atoms with Crippen LogP contribution in [0.15, 0.2) is 48.5 Å². The first-order valence-electron chi connectivity index (χ1n) is 13.5. The van der Waals surface area contributed by atoms with Crippen LogP contribution in [0.25, 0.3) is 0 Å². The number of aliphatic hydroxyl groups is 1. The first kappa shape index (κ1) is 28.2. The summed E-state index contributed by atoms with van der Waals surface area (Å²) in [6.45, 7) is 4.08. The maximum atomic E-state index is 15.1. The van der Waals surface area contributed by atoms with E-state index < -0.39 is 17.5 Å². The molecular formula is C32H32FNO7. The third kappa shape index (κ3) is 6.39. The average molecular weight is 562 g/mol. The van der Waals surface area contributed by atoms with Crippen LogP contribution < -0.4 is 18.9 Å². The van der Waals surface area contributed by atoms with Crippen molar-refractivity contribution in [3.63, 3.8) is 0 Å². The Hall–Kier alpha value is -4.29. The molecule has 1 aliphatic carbocycles. The van der Waals surface area contributed by atoms with Gasteiger partial charge in [-0.05, 0) is 57.0 Å². The molecule has 2 unspecified atom stereocenters. The molecular weight excluding hydrogens is 529 g/mol. The Morgan fingerprint density at radius 2 is 1.95 bits per heavy atom. The van der Waals surface area contributed by atoms with E-state index in [1.54, 1.807) is 50.2 Å². The van der Waals surface area contributed by atoms with Crippen molar-refractivity contribution in [3.8, 4) is 34.8 Å². The smallest absolute Gasteiger partial charge is 0.306 e. The zero-order valence-electron chi connectivity index (χ0n) is 23.2. The molecule has 0 fully saturated rings. The molecule has 0 aromatic heterocycles. The summed E-state index contributed by atoms with van der Waals surface area (Å²) < 4.78 is 43.8. The molecule has 0 amide bonds. The summed E-state index contributed by atoms with van der Waals surface area (Å²) in [4.78, 5) is 11.7. The summed E-state index contributed by atoms with van der Waals surface area (Å²) in [5.74, 6) is 1.64. The summed E-state index contributed by atoms with van der Waals surface area (Å²) >= 11 is 0. The number of ether oxygens (including phenoxy) is 5. The van der Waals surface area contributed by atoms with Crippen LogP contribution in [-0.4, -0.2) is 37.0 Å². The van der Waals surface area contributed by atoms with E-state index in [1.165, 1.54) is 13.2 Å². The maximum Gasteiger partial charge on any atom is 0.306 e. The van der Waals surface area contributed by atoms with Crippen LogP contribution in [0.3, 0.4) is 0 Å². The number of halogens is 1. The molecule has 0 saturated heterocycles. The van der Waals surface area contributed by atoms with Crippen LogP contribution in [0.2, 0.25) is 0 Å². The molecule has 214 valence electrons. The molecule has 0 radical (unpaired) electrons. The van der Waals surface area contributed by atoms with Crippen molar-refractivity contribution < 1.29 is 38.0 Å². The minimum absolute atomic E-state index is 0.0837. The zero-order chi connectivity index (χ0) is 29.1. The minimum Gasteiger partial charge on any atom is -0.493 e. The van der Waals surface area contributed by atoms with Gasteiger partial charge < -0.3 is 28.8 Å². The van der Waals surface area contributed by atoms with E-state index in [0.29, 0.717) is 77.9 Å². The van der Waals surface area contributed by atoms with Crippen molar-refractivity contribution >= 4 is 5.97 Å². The Morgan fingerprint density at radius 3 is 2.71 bits per heavy atom. The Labute approximate surface area is 238 Å². The van der Waals surface area contributed by atoms with E-state index in [2.05, 4.69) is 6.07 Å². The molecule has 5 rings (SSSR count). The quantitative estimate of drug-likeness (QED) is 0.295. The number of esters is 1. The molecule has 0 spiro atoms. The summed E-state index contributed by atoms with van der Waals surface area (Å²) in [7, 11) is 1.36. The van der Waals surface area contributed by atoms with Crippen LogP contribution in [-0.2, 0) is 16.0 Å². The molecule has 1 N–H and O–H groups in total. The first-order valence-corrected chi connectivity index (χ1v) is 13.5. The van der Waals surface area contributed by atoms with Crippen molar-refractivity contribution in [1.29, 1.82) is 5.26 Å². The molecule has 9 heteroatoms. The molecule has 0 bridgehead atoms. The van der Waals surface area contributed by atoms with Gasteiger partial charge in [-0.2, -0.15) is 5.26 Å². The number of nitriles is 1. The lowest BCUT2D eigenvalue weighted by molar-refractivity contribution is -0.141. The number of carbonyl (C=O) groups is 1. The van der Waals surface area contributed by atoms with Crippen molar-refractivity contribution in [2.24, 2.45) is 0 Å². The fourth-order valence-electron chi connectivity index (χ4n) is 5.11. The van der Waals surface area contributed by atoms with Gasteiger partial charge in [-0.25, -0.2) is 4.39 Å². The molecule has 2 aliphatic rings. The van der Waals surface area contributed by atoms with Gasteiger partial charge in [0.2, 0.25) is 0 Å². The summed E-state index contributed by atoms with van der Waals surface area (Å²) in [5.41, 5.74) is 1.47. The van der Waals surface area contributed by atoms with Gasteiger partial charge in [-0.3, -0.25) is 4.79 Å². The van der Waals surface area contributed by atoms with Crippen LogP contribution in [0, 0.1) is 17.1 Å². The van der Waals surface area contributed by atoms with Crippen LogP contribution in [0.4, 0.5) is 4.39 Å². The second-order valence-electron chi connectivity index (χ2n) is 10.9. The highest BCUT2D eigenvalue weighted by molar-refractivity contribution is 5.71. The Kier molecular flexibility index (Phi) is 8.04. The standard InChI is InChI=1S/C32H32FNO7/c1-32(2,36)12-13-38-21-5-4-19(17-34)28(15-21)41-26-11-9-25(33)31-24(26)8-10-27(31)40-22-6-7-23-20(14-30(35)37-3)18-39-29(23)16-22/h4-7,9,11,15-16,20,27,36H,8,10,12-14,18H2,1-3H3. The van der Waals surface area contributed by atoms with Crippen LogP contribution in [0.1, 0.15) is 67.4 Å². The van der Waals surface area contributed by atoms with E-state index in [1.807, 2.05) is 6.07 Å². The topological polar surface area (TPSA) is 107 Å². The average Bonchev–Trinajstić information content (AvgIpc) is 3.54. The molecule has 3 aromatic rings. The highest BCUT2D eigenvalue weighted by atomic mass is 19.1. The predicted molar refractivity (Wildman–Crippen MR) is 147 cm³/mol. The molecule has 0 saturated carbocycles. The minimum atomic E-state index is -0.862. The van der Waals surface area contributed by atoms with E-state index in [0.717, 1.165) is 5.56 Å². The van der Waals surface area contributed by atoms with Crippen LogP contribution >= 0.6 is 0 Å². The van der Waals surface area contributed by atoms with Gasteiger partial charge in [0.05, 0.1) is 37.9 Å². The Balaban J connectivity index is 1.33.